The topological polar surface area (TPSA) is 59.4 Å². The molecule has 0 bridgehead atoms. The molecule has 0 aromatic carbocycles. The van der Waals surface area contributed by atoms with E-state index in [-0.39, 0.29) is 19.0 Å². The van der Waals surface area contributed by atoms with E-state index in [0.717, 1.165) is 0 Å². The van der Waals surface area contributed by atoms with Crippen molar-refractivity contribution in [2.24, 2.45) is 5.73 Å². The minimum absolute atomic E-state index is 0. The van der Waals surface area contributed by atoms with Crippen LogP contribution in [0.15, 0.2) is 16.5 Å². The first-order valence-corrected chi connectivity index (χ1v) is 3.23. The second kappa shape index (κ2) is 4.62. The van der Waals surface area contributed by atoms with Crippen LogP contribution in [0.3, 0.4) is 0 Å². The Hall–Kier alpha value is -0.220. The molecule has 1 atom stereocenters. The Morgan fingerprint density at radius 1 is 1.64 bits per heavy atom. The summed E-state index contributed by atoms with van der Waals surface area (Å²) in [6.07, 6.45) is 0. The number of hydrogen-bond donors (Lipinski definition) is 2. The minimum atomic E-state index is -0.465. The maximum Gasteiger partial charge on any atom is 0.193 e. The summed E-state index contributed by atoms with van der Waals surface area (Å²) >= 11 is 5.46. The zero-order valence-electron chi connectivity index (χ0n) is 5.66. The van der Waals surface area contributed by atoms with Crippen LogP contribution in [0.25, 0.3) is 0 Å². The molecule has 0 radical (unpaired) electrons. The maximum absolute atomic E-state index is 8.57. The zero-order valence-corrected chi connectivity index (χ0v) is 7.23. The molecular weight excluding hydrogens is 189 g/mol. The second-order valence-corrected chi connectivity index (χ2v) is 2.30. The van der Waals surface area contributed by atoms with E-state index in [1.165, 1.54) is 0 Å². The van der Waals surface area contributed by atoms with E-state index >= 15 is 0 Å². The number of furan rings is 1. The first-order chi connectivity index (χ1) is 4.74. The highest BCUT2D eigenvalue weighted by molar-refractivity contribution is 6.28. The van der Waals surface area contributed by atoms with Crippen molar-refractivity contribution in [3.63, 3.8) is 0 Å². The SMILES string of the molecule is Cl.N[C@H](CO)c1ccc(Cl)o1. The smallest absolute Gasteiger partial charge is 0.193 e. The van der Waals surface area contributed by atoms with Gasteiger partial charge in [0.1, 0.15) is 5.76 Å². The summed E-state index contributed by atoms with van der Waals surface area (Å²) in [7, 11) is 0. The first kappa shape index (κ1) is 10.8. The van der Waals surface area contributed by atoms with Gasteiger partial charge in [-0.1, -0.05) is 0 Å². The molecule has 3 N–H and O–H groups in total. The number of rotatable bonds is 2. The Morgan fingerprint density at radius 3 is 2.64 bits per heavy atom. The highest BCUT2D eigenvalue weighted by atomic mass is 35.5. The molecule has 1 heterocycles. The minimum Gasteiger partial charge on any atom is -0.448 e. The molecule has 11 heavy (non-hydrogen) atoms. The van der Waals surface area contributed by atoms with Gasteiger partial charge in [0, 0.05) is 0 Å². The third-order valence-electron chi connectivity index (χ3n) is 1.16. The third kappa shape index (κ3) is 2.71. The van der Waals surface area contributed by atoms with Crippen LogP contribution >= 0.6 is 24.0 Å². The first-order valence-electron chi connectivity index (χ1n) is 2.85. The fourth-order valence-electron chi connectivity index (χ4n) is 0.618. The standard InChI is InChI=1S/C6H8ClNO2.ClH/c7-6-2-1-5(10-6)4(8)3-9;/h1-2,4,9H,3,8H2;1H/t4-;/m1./s1. The highest BCUT2D eigenvalue weighted by Crippen LogP contribution is 2.17. The van der Waals surface area contributed by atoms with Gasteiger partial charge in [-0.05, 0) is 23.7 Å². The van der Waals surface area contributed by atoms with Gasteiger partial charge in [0.05, 0.1) is 12.6 Å². The normalized spacial score (nSPS) is 12.3. The van der Waals surface area contributed by atoms with Crippen molar-refractivity contribution in [1.82, 2.24) is 0 Å². The van der Waals surface area contributed by atoms with Crippen LogP contribution in [-0.4, -0.2) is 11.7 Å². The van der Waals surface area contributed by atoms with Crippen LogP contribution in [-0.2, 0) is 0 Å². The van der Waals surface area contributed by atoms with Gasteiger partial charge in [0.15, 0.2) is 5.22 Å². The van der Waals surface area contributed by atoms with Crippen molar-refractivity contribution in [1.29, 1.82) is 0 Å². The van der Waals surface area contributed by atoms with Gasteiger partial charge in [0.25, 0.3) is 0 Å². The van der Waals surface area contributed by atoms with E-state index < -0.39 is 6.04 Å². The Bertz CT molecular complexity index is 214. The summed E-state index contributed by atoms with van der Waals surface area (Å²) in [4.78, 5) is 0. The lowest BCUT2D eigenvalue weighted by atomic mass is 10.2. The largest absolute Gasteiger partial charge is 0.448 e. The molecule has 0 amide bonds. The molecule has 0 aliphatic heterocycles. The molecule has 3 nitrogen and oxygen atoms in total. The van der Waals surface area contributed by atoms with Crippen molar-refractivity contribution in [2.45, 2.75) is 6.04 Å². The summed E-state index contributed by atoms with van der Waals surface area (Å²) in [5, 5.41) is 8.86. The number of nitrogens with two attached hydrogens (primary N) is 1. The fraction of sp³-hybridized carbons (Fsp3) is 0.333. The second-order valence-electron chi connectivity index (χ2n) is 1.93. The van der Waals surface area contributed by atoms with Crippen LogP contribution in [0.2, 0.25) is 5.22 Å². The lowest BCUT2D eigenvalue weighted by molar-refractivity contribution is 0.252. The van der Waals surface area contributed by atoms with Crippen LogP contribution in [0.4, 0.5) is 0 Å². The average Bonchev–Trinajstić information content (AvgIpc) is 2.34. The molecule has 0 aliphatic rings. The summed E-state index contributed by atoms with van der Waals surface area (Å²) < 4.78 is 4.92. The lowest BCUT2D eigenvalue weighted by Gasteiger charge is -2.01. The van der Waals surface area contributed by atoms with Crippen LogP contribution < -0.4 is 5.73 Å². The molecule has 1 rings (SSSR count). The molecule has 0 saturated heterocycles. The van der Waals surface area contributed by atoms with Crippen molar-refractivity contribution >= 4 is 24.0 Å². The molecule has 1 aromatic heterocycles. The molecule has 64 valence electrons. The van der Waals surface area contributed by atoms with Gasteiger partial charge in [-0.3, -0.25) is 0 Å². The van der Waals surface area contributed by atoms with Gasteiger partial charge in [-0.15, -0.1) is 12.4 Å². The number of halogens is 2. The maximum atomic E-state index is 8.57. The van der Waals surface area contributed by atoms with Gasteiger partial charge in [-0.2, -0.15) is 0 Å². The molecule has 0 saturated carbocycles. The van der Waals surface area contributed by atoms with Crippen molar-refractivity contribution in [3.8, 4) is 0 Å². The number of aliphatic hydroxyl groups excluding tert-OH is 1. The summed E-state index contributed by atoms with van der Waals surface area (Å²) in [5.41, 5.74) is 5.41. The molecule has 0 spiro atoms. The molecule has 5 heteroatoms. The van der Waals surface area contributed by atoms with Gasteiger partial charge in [-0.25, -0.2) is 0 Å². The van der Waals surface area contributed by atoms with E-state index in [1.807, 2.05) is 0 Å². The van der Waals surface area contributed by atoms with Gasteiger partial charge < -0.3 is 15.3 Å². The lowest BCUT2D eigenvalue weighted by Crippen LogP contribution is -2.13. The number of hydrogen-bond acceptors (Lipinski definition) is 3. The van der Waals surface area contributed by atoms with Crippen LogP contribution in [0.1, 0.15) is 11.8 Å². The van der Waals surface area contributed by atoms with Crippen molar-refractivity contribution < 1.29 is 9.52 Å². The average molecular weight is 198 g/mol. The Labute approximate surface area is 75.5 Å². The highest BCUT2D eigenvalue weighted by Gasteiger charge is 2.07. The molecular formula is C6H9Cl2NO2. The van der Waals surface area contributed by atoms with Crippen LogP contribution in [0.5, 0.6) is 0 Å². The number of aliphatic hydroxyl groups is 1. The predicted molar refractivity (Wildman–Crippen MR) is 45.0 cm³/mol. The zero-order chi connectivity index (χ0) is 7.56. The van der Waals surface area contributed by atoms with E-state index in [2.05, 4.69) is 0 Å². The van der Waals surface area contributed by atoms with Gasteiger partial charge >= 0.3 is 0 Å². The van der Waals surface area contributed by atoms with E-state index in [4.69, 9.17) is 26.9 Å². The Kier molecular flexibility index (Phi) is 4.52. The quantitative estimate of drug-likeness (QED) is 0.753. The van der Waals surface area contributed by atoms with Crippen LogP contribution in [0, 0.1) is 0 Å². The monoisotopic (exact) mass is 197 g/mol. The molecule has 0 aliphatic carbocycles. The fourth-order valence-corrected chi connectivity index (χ4v) is 0.770. The van der Waals surface area contributed by atoms with E-state index in [0.29, 0.717) is 11.0 Å². The Balaban J connectivity index is 0.000001000. The molecule has 0 unspecified atom stereocenters. The predicted octanol–water partition coefficient (Wildman–Crippen LogP) is 1.35. The van der Waals surface area contributed by atoms with Crippen molar-refractivity contribution in [2.75, 3.05) is 6.61 Å². The summed E-state index contributed by atoms with van der Waals surface area (Å²) in [5.74, 6) is 0.507. The van der Waals surface area contributed by atoms with Gasteiger partial charge in [0.2, 0.25) is 0 Å². The summed E-state index contributed by atoms with van der Waals surface area (Å²) in [6, 6.07) is 2.77. The molecule has 1 aromatic rings. The Morgan fingerprint density at radius 2 is 2.27 bits per heavy atom. The summed E-state index contributed by atoms with van der Waals surface area (Å²) in [6.45, 7) is -0.135. The van der Waals surface area contributed by atoms with E-state index in [9.17, 15) is 0 Å². The molecule has 0 fully saturated rings. The third-order valence-corrected chi connectivity index (χ3v) is 1.36. The van der Waals surface area contributed by atoms with E-state index in [1.54, 1.807) is 12.1 Å². The van der Waals surface area contributed by atoms with Crippen molar-refractivity contribution in [3.05, 3.63) is 23.1 Å².